The Labute approximate surface area is 80.7 Å². The Morgan fingerprint density at radius 3 is 3.08 bits per heavy atom. The van der Waals surface area contributed by atoms with Gasteiger partial charge < -0.3 is 10.1 Å². The van der Waals surface area contributed by atoms with Gasteiger partial charge in [0.1, 0.15) is 6.10 Å². The lowest BCUT2D eigenvalue weighted by molar-refractivity contribution is 0.164. The highest BCUT2D eigenvalue weighted by Gasteiger charge is 2.08. The molecule has 1 aliphatic heterocycles. The SMILES string of the molecule is CC/C(=C\C1CCC=CO1)CNC. The number of ether oxygens (including phenoxy) is 1. The summed E-state index contributed by atoms with van der Waals surface area (Å²) in [6, 6.07) is 0. The first-order valence-electron chi connectivity index (χ1n) is 5.01. The van der Waals surface area contributed by atoms with Crippen LogP contribution in [0.4, 0.5) is 0 Å². The number of likely N-dealkylation sites (N-methyl/N-ethyl adjacent to an activating group) is 1. The summed E-state index contributed by atoms with van der Waals surface area (Å²) in [6.45, 7) is 3.15. The lowest BCUT2D eigenvalue weighted by atomic mass is 10.1. The summed E-state index contributed by atoms with van der Waals surface area (Å²) in [7, 11) is 1.98. The molecule has 0 aromatic rings. The van der Waals surface area contributed by atoms with E-state index in [0.29, 0.717) is 6.10 Å². The molecule has 0 amide bonds. The van der Waals surface area contributed by atoms with Crippen molar-refractivity contribution >= 4 is 0 Å². The summed E-state index contributed by atoms with van der Waals surface area (Å²) in [5.41, 5.74) is 1.43. The van der Waals surface area contributed by atoms with E-state index in [0.717, 1.165) is 25.8 Å². The van der Waals surface area contributed by atoms with Crippen LogP contribution < -0.4 is 5.32 Å². The summed E-state index contributed by atoms with van der Waals surface area (Å²) in [5, 5.41) is 3.17. The second-order valence-electron chi connectivity index (χ2n) is 3.33. The van der Waals surface area contributed by atoms with E-state index in [1.807, 2.05) is 13.3 Å². The number of nitrogens with one attached hydrogen (secondary N) is 1. The van der Waals surface area contributed by atoms with Gasteiger partial charge in [0.05, 0.1) is 6.26 Å². The van der Waals surface area contributed by atoms with Crippen LogP contribution in [-0.4, -0.2) is 19.7 Å². The molecule has 0 aliphatic carbocycles. The van der Waals surface area contributed by atoms with Crippen molar-refractivity contribution in [1.29, 1.82) is 0 Å². The Balaban J connectivity index is 2.45. The van der Waals surface area contributed by atoms with Crippen LogP contribution in [-0.2, 0) is 4.74 Å². The standard InChI is InChI=1S/C11H19NO/c1-3-10(9-12-2)8-11-6-4-5-7-13-11/h5,7-8,11-12H,3-4,6,9H2,1-2H3/b10-8+. The van der Waals surface area contributed by atoms with E-state index in [9.17, 15) is 0 Å². The summed E-state index contributed by atoms with van der Waals surface area (Å²) >= 11 is 0. The lowest BCUT2D eigenvalue weighted by Gasteiger charge is -2.17. The Morgan fingerprint density at radius 2 is 2.54 bits per heavy atom. The molecular weight excluding hydrogens is 162 g/mol. The van der Waals surface area contributed by atoms with Crippen LogP contribution in [0.3, 0.4) is 0 Å². The van der Waals surface area contributed by atoms with Crippen molar-refractivity contribution in [3.8, 4) is 0 Å². The Kier molecular flexibility index (Phi) is 4.61. The van der Waals surface area contributed by atoms with Crippen molar-refractivity contribution in [1.82, 2.24) is 5.32 Å². The van der Waals surface area contributed by atoms with Gasteiger partial charge in [-0.15, -0.1) is 0 Å². The highest BCUT2D eigenvalue weighted by atomic mass is 16.5. The Hall–Kier alpha value is -0.760. The Morgan fingerprint density at radius 1 is 1.69 bits per heavy atom. The average molecular weight is 181 g/mol. The maximum Gasteiger partial charge on any atom is 0.117 e. The zero-order chi connectivity index (χ0) is 9.52. The molecule has 1 heterocycles. The van der Waals surface area contributed by atoms with Gasteiger partial charge in [0, 0.05) is 6.54 Å². The summed E-state index contributed by atoms with van der Waals surface area (Å²) in [4.78, 5) is 0. The molecule has 0 aromatic carbocycles. The number of rotatable bonds is 4. The molecule has 2 heteroatoms. The fraction of sp³-hybridized carbons (Fsp3) is 0.636. The van der Waals surface area contributed by atoms with E-state index in [1.54, 1.807) is 0 Å². The molecule has 2 nitrogen and oxygen atoms in total. The molecule has 1 rings (SSSR count). The molecule has 0 saturated heterocycles. The monoisotopic (exact) mass is 181 g/mol. The van der Waals surface area contributed by atoms with Gasteiger partial charge in [-0.2, -0.15) is 0 Å². The minimum Gasteiger partial charge on any atom is -0.494 e. The summed E-state index contributed by atoms with van der Waals surface area (Å²) in [5.74, 6) is 0. The van der Waals surface area contributed by atoms with Gasteiger partial charge in [-0.05, 0) is 38.5 Å². The molecule has 0 fully saturated rings. The van der Waals surface area contributed by atoms with Crippen LogP contribution in [0.5, 0.6) is 0 Å². The first-order valence-corrected chi connectivity index (χ1v) is 5.01. The van der Waals surface area contributed by atoms with Crippen molar-refractivity contribution < 1.29 is 4.74 Å². The predicted octanol–water partition coefficient (Wildman–Crippen LogP) is 2.23. The molecule has 0 saturated carbocycles. The van der Waals surface area contributed by atoms with E-state index in [1.165, 1.54) is 5.57 Å². The Bertz CT molecular complexity index is 196. The van der Waals surface area contributed by atoms with Gasteiger partial charge in [0.15, 0.2) is 0 Å². The van der Waals surface area contributed by atoms with Gasteiger partial charge in [-0.1, -0.05) is 12.5 Å². The molecule has 0 spiro atoms. The third-order valence-corrected chi connectivity index (χ3v) is 2.25. The second kappa shape index (κ2) is 5.81. The number of allylic oxidation sites excluding steroid dienone is 1. The molecule has 1 N–H and O–H groups in total. The fourth-order valence-corrected chi connectivity index (χ4v) is 1.47. The molecule has 0 radical (unpaired) electrons. The van der Waals surface area contributed by atoms with Crippen molar-refractivity contribution in [2.45, 2.75) is 32.3 Å². The van der Waals surface area contributed by atoms with Crippen LogP contribution in [0.1, 0.15) is 26.2 Å². The lowest BCUT2D eigenvalue weighted by Crippen LogP contribution is -2.15. The number of hydrogen-bond donors (Lipinski definition) is 1. The van der Waals surface area contributed by atoms with Crippen molar-refractivity contribution in [2.24, 2.45) is 0 Å². The maximum absolute atomic E-state index is 5.47. The van der Waals surface area contributed by atoms with Crippen LogP contribution in [0.25, 0.3) is 0 Å². The first kappa shape index (κ1) is 10.3. The highest BCUT2D eigenvalue weighted by Crippen LogP contribution is 2.14. The highest BCUT2D eigenvalue weighted by molar-refractivity contribution is 5.08. The molecule has 1 unspecified atom stereocenters. The largest absolute Gasteiger partial charge is 0.494 e. The second-order valence-corrected chi connectivity index (χ2v) is 3.33. The van der Waals surface area contributed by atoms with Crippen LogP contribution in [0.2, 0.25) is 0 Å². The minimum absolute atomic E-state index is 0.299. The zero-order valence-corrected chi connectivity index (χ0v) is 8.55. The van der Waals surface area contributed by atoms with E-state index >= 15 is 0 Å². The van der Waals surface area contributed by atoms with Crippen LogP contribution in [0.15, 0.2) is 24.0 Å². The van der Waals surface area contributed by atoms with E-state index < -0.39 is 0 Å². The van der Waals surface area contributed by atoms with Crippen molar-refractivity contribution in [3.63, 3.8) is 0 Å². The molecule has 0 bridgehead atoms. The van der Waals surface area contributed by atoms with Gasteiger partial charge in [0.25, 0.3) is 0 Å². The quantitative estimate of drug-likeness (QED) is 0.671. The number of hydrogen-bond acceptors (Lipinski definition) is 2. The molecular formula is C11H19NO. The van der Waals surface area contributed by atoms with Crippen molar-refractivity contribution in [3.05, 3.63) is 24.0 Å². The molecule has 74 valence electrons. The molecule has 1 atom stereocenters. The normalized spacial score (nSPS) is 22.9. The smallest absolute Gasteiger partial charge is 0.117 e. The van der Waals surface area contributed by atoms with E-state index in [4.69, 9.17) is 4.74 Å². The third kappa shape index (κ3) is 3.64. The molecule has 1 aliphatic rings. The molecule has 13 heavy (non-hydrogen) atoms. The topological polar surface area (TPSA) is 21.3 Å². The van der Waals surface area contributed by atoms with Crippen molar-refractivity contribution in [2.75, 3.05) is 13.6 Å². The van der Waals surface area contributed by atoms with Gasteiger partial charge in [-0.3, -0.25) is 0 Å². The third-order valence-electron chi connectivity index (χ3n) is 2.25. The summed E-state index contributed by atoms with van der Waals surface area (Å²) < 4.78 is 5.47. The van der Waals surface area contributed by atoms with E-state index in [2.05, 4.69) is 24.4 Å². The minimum atomic E-state index is 0.299. The maximum atomic E-state index is 5.47. The van der Waals surface area contributed by atoms with Gasteiger partial charge in [0.2, 0.25) is 0 Å². The van der Waals surface area contributed by atoms with E-state index in [-0.39, 0.29) is 0 Å². The predicted molar refractivity (Wildman–Crippen MR) is 55.5 cm³/mol. The van der Waals surface area contributed by atoms with Crippen LogP contribution in [0, 0.1) is 0 Å². The molecule has 0 aromatic heterocycles. The average Bonchev–Trinajstić information content (AvgIpc) is 2.19. The first-order chi connectivity index (χ1) is 6.36. The summed E-state index contributed by atoms with van der Waals surface area (Å²) in [6.07, 6.45) is 9.80. The van der Waals surface area contributed by atoms with Gasteiger partial charge in [-0.25, -0.2) is 0 Å². The van der Waals surface area contributed by atoms with Gasteiger partial charge >= 0.3 is 0 Å². The zero-order valence-electron chi connectivity index (χ0n) is 8.55. The van der Waals surface area contributed by atoms with Crippen LogP contribution >= 0.6 is 0 Å². The fourth-order valence-electron chi connectivity index (χ4n) is 1.47.